The number of aromatic nitrogens is 2. The Morgan fingerprint density at radius 1 is 1.21 bits per heavy atom. The molecule has 0 radical (unpaired) electrons. The largest absolute Gasteiger partial charge is 0.451 e. The minimum Gasteiger partial charge on any atom is -0.451 e. The maximum atomic E-state index is 11.7. The van der Waals surface area contributed by atoms with Crippen molar-refractivity contribution in [2.75, 3.05) is 31.6 Å². The molecular formula is C17H20N4O3. The van der Waals surface area contributed by atoms with Crippen molar-refractivity contribution in [3.63, 3.8) is 0 Å². The number of hydrogen-bond donors (Lipinski definition) is 1. The lowest BCUT2D eigenvalue weighted by atomic mass is 10.3. The van der Waals surface area contributed by atoms with Gasteiger partial charge in [0.25, 0.3) is 5.91 Å². The second-order valence-electron chi connectivity index (χ2n) is 5.13. The van der Waals surface area contributed by atoms with Crippen molar-refractivity contribution in [1.29, 1.82) is 0 Å². The molecule has 0 spiro atoms. The highest BCUT2D eigenvalue weighted by Gasteiger charge is 2.11. The zero-order valence-corrected chi connectivity index (χ0v) is 13.5. The van der Waals surface area contributed by atoms with Crippen molar-refractivity contribution in [3.05, 3.63) is 54.6 Å². The Kier molecular flexibility index (Phi) is 6.70. The van der Waals surface area contributed by atoms with Crippen LogP contribution in [-0.4, -0.2) is 48.6 Å². The maximum absolute atomic E-state index is 11.7. The van der Waals surface area contributed by atoms with E-state index >= 15 is 0 Å². The summed E-state index contributed by atoms with van der Waals surface area (Å²) in [6.45, 7) is 0.992. The Bertz CT molecular complexity index is 649. The fraction of sp³-hybridized carbons (Fsp3) is 0.294. The van der Waals surface area contributed by atoms with Crippen LogP contribution < -0.4 is 10.2 Å². The standard InChI is InChI=1S/C17H20N4O3/c1-21(14-6-3-2-4-7-14)11-5-8-20-16(22)13-24-17(23)15-12-18-9-10-19-15/h2-4,6-7,9-10,12H,5,8,11,13H2,1H3,(H,20,22). The van der Waals surface area contributed by atoms with E-state index in [9.17, 15) is 9.59 Å². The van der Waals surface area contributed by atoms with Gasteiger partial charge in [0, 0.05) is 38.2 Å². The summed E-state index contributed by atoms with van der Waals surface area (Å²) in [4.78, 5) is 33.0. The molecule has 7 heteroatoms. The Morgan fingerprint density at radius 3 is 2.71 bits per heavy atom. The van der Waals surface area contributed by atoms with E-state index in [1.54, 1.807) is 0 Å². The van der Waals surface area contributed by atoms with Crippen LogP contribution in [0.2, 0.25) is 0 Å². The molecule has 0 aliphatic rings. The van der Waals surface area contributed by atoms with Crippen molar-refractivity contribution >= 4 is 17.6 Å². The topological polar surface area (TPSA) is 84.4 Å². The van der Waals surface area contributed by atoms with Crippen molar-refractivity contribution in [2.24, 2.45) is 0 Å². The highest BCUT2D eigenvalue weighted by Crippen LogP contribution is 2.10. The van der Waals surface area contributed by atoms with Gasteiger partial charge in [-0.2, -0.15) is 0 Å². The lowest BCUT2D eigenvalue weighted by Crippen LogP contribution is -2.31. The summed E-state index contributed by atoms with van der Waals surface area (Å²) in [5.74, 6) is -1.00. The average molecular weight is 328 g/mol. The molecule has 0 saturated heterocycles. The number of nitrogens with zero attached hydrogens (tertiary/aromatic N) is 3. The second kappa shape index (κ2) is 9.24. The van der Waals surface area contributed by atoms with E-state index < -0.39 is 5.97 Å². The van der Waals surface area contributed by atoms with E-state index in [-0.39, 0.29) is 18.2 Å². The first-order chi connectivity index (χ1) is 11.7. The van der Waals surface area contributed by atoms with E-state index in [1.807, 2.05) is 37.4 Å². The summed E-state index contributed by atoms with van der Waals surface area (Å²) in [6.07, 6.45) is 4.92. The van der Waals surface area contributed by atoms with E-state index in [0.29, 0.717) is 6.54 Å². The zero-order valence-electron chi connectivity index (χ0n) is 13.5. The van der Waals surface area contributed by atoms with E-state index in [1.165, 1.54) is 18.6 Å². The minimum atomic E-state index is -0.665. The third-order valence-corrected chi connectivity index (χ3v) is 3.30. The normalized spacial score (nSPS) is 10.0. The molecule has 0 saturated carbocycles. The van der Waals surface area contributed by atoms with Crippen LogP contribution in [0.4, 0.5) is 5.69 Å². The van der Waals surface area contributed by atoms with Gasteiger partial charge in [-0.25, -0.2) is 9.78 Å². The molecular weight excluding hydrogens is 308 g/mol. The predicted molar refractivity (Wildman–Crippen MR) is 89.7 cm³/mol. The van der Waals surface area contributed by atoms with Crippen LogP contribution in [0.5, 0.6) is 0 Å². The number of nitrogens with one attached hydrogen (secondary N) is 1. The molecule has 0 fully saturated rings. The number of rotatable bonds is 8. The highest BCUT2D eigenvalue weighted by molar-refractivity contribution is 5.89. The lowest BCUT2D eigenvalue weighted by Gasteiger charge is -2.19. The first kappa shape index (κ1) is 17.4. The molecule has 1 aromatic carbocycles. The first-order valence-corrected chi connectivity index (χ1v) is 7.63. The SMILES string of the molecule is CN(CCCNC(=O)COC(=O)c1cnccn1)c1ccccc1. The van der Waals surface area contributed by atoms with E-state index in [4.69, 9.17) is 4.74 Å². The highest BCUT2D eigenvalue weighted by atomic mass is 16.5. The molecule has 24 heavy (non-hydrogen) atoms. The molecule has 0 unspecified atom stereocenters. The van der Waals surface area contributed by atoms with Crippen LogP contribution in [-0.2, 0) is 9.53 Å². The number of carbonyl (C=O) groups excluding carboxylic acids is 2. The molecule has 0 aliphatic carbocycles. The fourth-order valence-corrected chi connectivity index (χ4v) is 2.02. The van der Waals surface area contributed by atoms with Gasteiger partial charge >= 0.3 is 5.97 Å². The Labute approximate surface area is 140 Å². The Morgan fingerprint density at radius 2 is 2.00 bits per heavy atom. The molecule has 1 amide bonds. The lowest BCUT2D eigenvalue weighted by molar-refractivity contribution is -0.124. The van der Waals surface area contributed by atoms with E-state index in [0.717, 1.165) is 18.7 Å². The number of para-hydroxylation sites is 1. The van der Waals surface area contributed by atoms with Crippen LogP contribution in [0.25, 0.3) is 0 Å². The molecule has 1 heterocycles. The summed E-state index contributed by atoms with van der Waals surface area (Å²) in [5.41, 5.74) is 1.21. The number of esters is 1. The van der Waals surface area contributed by atoms with Crippen LogP contribution in [0, 0.1) is 0 Å². The summed E-state index contributed by atoms with van der Waals surface area (Å²) in [6, 6.07) is 10.0. The van der Waals surface area contributed by atoms with Crippen molar-refractivity contribution < 1.29 is 14.3 Å². The monoisotopic (exact) mass is 328 g/mol. The van der Waals surface area contributed by atoms with Gasteiger partial charge in [0.1, 0.15) is 0 Å². The molecule has 2 rings (SSSR count). The van der Waals surface area contributed by atoms with Gasteiger partial charge in [-0.3, -0.25) is 9.78 Å². The van der Waals surface area contributed by atoms with Crippen LogP contribution in [0.3, 0.4) is 0 Å². The quantitative estimate of drug-likeness (QED) is 0.580. The average Bonchev–Trinajstić information content (AvgIpc) is 2.64. The molecule has 1 N–H and O–H groups in total. The zero-order chi connectivity index (χ0) is 17.2. The van der Waals surface area contributed by atoms with Crippen molar-refractivity contribution in [1.82, 2.24) is 15.3 Å². The summed E-state index contributed by atoms with van der Waals surface area (Å²) in [5, 5.41) is 2.72. The second-order valence-corrected chi connectivity index (χ2v) is 5.13. The van der Waals surface area contributed by atoms with Gasteiger partial charge in [0.2, 0.25) is 0 Å². The molecule has 1 aromatic heterocycles. The van der Waals surface area contributed by atoms with Gasteiger partial charge in [0.15, 0.2) is 12.3 Å². The predicted octanol–water partition coefficient (Wildman–Crippen LogP) is 1.28. The number of benzene rings is 1. The molecule has 7 nitrogen and oxygen atoms in total. The molecule has 2 aromatic rings. The van der Waals surface area contributed by atoms with E-state index in [2.05, 4.69) is 20.2 Å². The van der Waals surface area contributed by atoms with Gasteiger partial charge in [-0.1, -0.05) is 18.2 Å². The first-order valence-electron chi connectivity index (χ1n) is 7.63. The Hall–Kier alpha value is -2.96. The van der Waals surface area contributed by atoms with Gasteiger partial charge in [0.05, 0.1) is 6.20 Å². The van der Waals surface area contributed by atoms with Gasteiger partial charge < -0.3 is 15.0 Å². The number of ether oxygens (including phenoxy) is 1. The van der Waals surface area contributed by atoms with Gasteiger partial charge in [-0.05, 0) is 18.6 Å². The Balaban J connectivity index is 1.61. The summed E-state index contributed by atoms with van der Waals surface area (Å²) in [7, 11) is 2.00. The van der Waals surface area contributed by atoms with Crippen LogP contribution >= 0.6 is 0 Å². The van der Waals surface area contributed by atoms with Gasteiger partial charge in [-0.15, -0.1) is 0 Å². The number of carbonyl (C=O) groups is 2. The molecule has 0 bridgehead atoms. The third kappa shape index (κ3) is 5.68. The number of hydrogen-bond acceptors (Lipinski definition) is 6. The fourth-order valence-electron chi connectivity index (χ4n) is 2.02. The number of anilines is 1. The molecule has 0 atom stereocenters. The van der Waals surface area contributed by atoms with Crippen molar-refractivity contribution in [3.8, 4) is 0 Å². The maximum Gasteiger partial charge on any atom is 0.359 e. The molecule has 126 valence electrons. The number of amides is 1. The van der Waals surface area contributed by atoms with Crippen LogP contribution in [0.15, 0.2) is 48.9 Å². The van der Waals surface area contributed by atoms with Crippen LogP contribution in [0.1, 0.15) is 16.9 Å². The molecule has 0 aliphatic heterocycles. The minimum absolute atomic E-state index is 0.0785. The summed E-state index contributed by atoms with van der Waals surface area (Å²) >= 11 is 0. The third-order valence-electron chi connectivity index (χ3n) is 3.30. The van der Waals surface area contributed by atoms with Crippen molar-refractivity contribution in [2.45, 2.75) is 6.42 Å². The smallest absolute Gasteiger partial charge is 0.359 e. The summed E-state index contributed by atoms with van der Waals surface area (Å²) < 4.78 is 4.87.